The Kier molecular flexibility index (Phi) is 6.85. The highest BCUT2D eigenvalue weighted by Gasteiger charge is 2.21. The number of hydrogen-bond donors (Lipinski definition) is 1. The molecule has 0 bridgehead atoms. The Hall–Kier alpha value is -3.11. The van der Waals surface area contributed by atoms with Crippen molar-refractivity contribution in [3.8, 4) is 0 Å². The molecule has 1 aromatic heterocycles. The summed E-state index contributed by atoms with van der Waals surface area (Å²) in [4.78, 5) is 15.7. The van der Waals surface area contributed by atoms with E-state index in [4.69, 9.17) is 4.52 Å². The molecule has 1 fully saturated rings. The molecule has 1 amide bonds. The normalized spacial score (nSPS) is 15.2. The van der Waals surface area contributed by atoms with Crippen LogP contribution in [0, 0.1) is 6.92 Å². The van der Waals surface area contributed by atoms with Gasteiger partial charge in [0.25, 0.3) is 15.9 Å². The first-order valence-corrected chi connectivity index (χ1v) is 12.8. The first-order chi connectivity index (χ1) is 15.8. The number of carbonyl (C=O) groups excluding carboxylic acids is 1. The van der Waals surface area contributed by atoms with Gasteiger partial charge in [0, 0.05) is 36.7 Å². The molecule has 3 aromatic rings. The molecule has 4 rings (SSSR count). The fourth-order valence-electron chi connectivity index (χ4n) is 3.45. The Bertz CT molecular complexity index is 1300. The van der Waals surface area contributed by atoms with Gasteiger partial charge in [0.1, 0.15) is 11.6 Å². The van der Waals surface area contributed by atoms with Gasteiger partial charge < -0.3 is 14.7 Å². The van der Waals surface area contributed by atoms with Gasteiger partial charge in [0.05, 0.1) is 21.9 Å². The van der Waals surface area contributed by atoms with Crippen molar-refractivity contribution in [2.75, 3.05) is 18.9 Å². The van der Waals surface area contributed by atoms with Gasteiger partial charge in [-0.25, -0.2) is 0 Å². The predicted octanol–water partition coefficient (Wildman–Crippen LogP) is 4.34. The highest BCUT2D eigenvalue weighted by Crippen LogP contribution is 2.28. The molecular formula is C23H24N4O4S2. The highest BCUT2D eigenvalue weighted by molar-refractivity contribution is 7.98. The van der Waals surface area contributed by atoms with E-state index in [0.29, 0.717) is 29.3 Å². The lowest BCUT2D eigenvalue weighted by Gasteiger charge is -2.12. The van der Waals surface area contributed by atoms with Gasteiger partial charge in [-0.15, -0.1) is 16.2 Å². The molecule has 33 heavy (non-hydrogen) atoms. The minimum absolute atomic E-state index is 0.0384. The summed E-state index contributed by atoms with van der Waals surface area (Å²) in [5.41, 5.74) is 1.67. The molecule has 8 nitrogen and oxygen atoms in total. The number of carbonyl (C=O) groups is 1. The lowest BCUT2D eigenvalue weighted by atomic mass is 10.2. The molecule has 0 unspecified atom stereocenters. The number of nitrogens with zero attached hydrogens (tertiary/aromatic N) is 3. The molecule has 1 aliphatic heterocycles. The third-order valence-electron chi connectivity index (χ3n) is 5.13. The van der Waals surface area contributed by atoms with E-state index < -0.39 is 10.0 Å². The smallest absolute Gasteiger partial charge is 0.284 e. The molecule has 0 saturated carbocycles. The molecule has 172 valence electrons. The van der Waals surface area contributed by atoms with E-state index in [1.807, 2.05) is 37.1 Å². The predicted molar refractivity (Wildman–Crippen MR) is 128 cm³/mol. The van der Waals surface area contributed by atoms with Crippen molar-refractivity contribution in [2.45, 2.75) is 35.3 Å². The number of aryl methyl sites for hydroxylation is 1. The molecule has 1 saturated heterocycles. The summed E-state index contributed by atoms with van der Waals surface area (Å²) in [5.74, 6) is 1.48. The van der Waals surface area contributed by atoms with Crippen LogP contribution in [0.25, 0.3) is 0 Å². The molecule has 0 aliphatic carbocycles. The second kappa shape index (κ2) is 9.80. The van der Waals surface area contributed by atoms with Crippen LogP contribution in [-0.4, -0.2) is 43.8 Å². The number of sulfonamides is 1. The molecule has 1 N–H and O–H groups in total. The molecule has 10 heteroatoms. The number of anilines is 1. The van der Waals surface area contributed by atoms with Crippen LogP contribution in [0.1, 0.15) is 34.7 Å². The zero-order valence-corrected chi connectivity index (χ0v) is 19.9. The van der Waals surface area contributed by atoms with E-state index in [-0.39, 0.29) is 10.8 Å². The molecule has 0 radical (unpaired) electrons. The Morgan fingerprint density at radius 3 is 2.76 bits per heavy atom. The number of benzene rings is 2. The Morgan fingerprint density at radius 1 is 1.21 bits per heavy atom. The summed E-state index contributed by atoms with van der Waals surface area (Å²) >= 11 is 1.46. The summed E-state index contributed by atoms with van der Waals surface area (Å²) in [6.07, 6.45) is 1.52. The standard InChI is InChI=1S/C23H24N4O4S2/c1-16-13-18(31-25-16)15-32-21-10-4-3-9-20(21)23(28)24-17-7-5-8-19(14-17)33(29,30)26-22-11-6-12-27(22)2/h3-5,7-10,13-14H,6,11-12,15H2,1-2H3,(H,24,28)/b26-22+. The summed E-state index contributed by atoms with van der Waals surface area (Å²) in [6.45, 7) is 2.64. The fraction of sp³-hybridized carbons (Fsp3) is 0.261. The van der Waals surface area contributed by atoms with Gasteiger partial charge in [0.15, 0.2) is 0 Å². The number of thioether (sulfide) groups is 1. The third-order valence-corrected chi connectivity index (χ3v) is 7.52. The van der Waals surface area contributed by atoms with Crippen LogP contribution in [0.4, 0.5) is 5.69 Å². The average Bonchev–Trinajstić information content (AvgIpc) is 3.40. The van der Waals surface area contributed by atoms with Crippen molar-refractivity contribution in [1.82, 2.24) is 10.1 Å². The summed E-state index contributed by atoms with van der Waals surface area (Å²) in [7, 11) is -2.04. The van der Waals surface area contributed by atoms with Crippen LogP contribution in [0.5, 0.6) is 0 Å². The lowest BCUT2D eigenvalue weighted by Crippen LogP contribution is -2.20. The number of amidine groups is 1. The van der Waals surface area contributed by atoms with E-state index in [1.165, 1.54) is 23.9 Å². The van der Waals surface area contributed by atoms with E-state index in [9.17, 15) is 13.2 Å². The number of likely N-dealkylation sites (tertiary alicyclic amines) is 1. The maximum atomic E-state index is 13.0. The summed E-state index contributed by atoms with van der Waals surface area (Å²) in [6, 6.07) is 15.2. The molecule has 2 heterocycles. The SMILES string of the molecule is Cc1cc(CSc2ccccc2C(=O)Nc2cccc(S(=O)(=O)/N=C3\CCCN3C)c2)on1. The Labute approximate surface area is 197 Å². The van der Waals surface area contributed by atoms with Crippen LogP contribution in [0.15, 0.2) is 73.3 Å². The quantitative estimate of drug-likeness (QED) is 0.497. The van der Waals surface area contributed by atoms with E-state index in [1.54, 1.807) is 24.3 Å². The maximum Gasteiger partial charge on any atom is 0.284 e. The van der Waals surface area contributed by atoms with Gasteiger partial charge >= 0.3 is 0 Å². The zero-order chi connectivity index (χ0) is 23.4. The zero-order valence-electron chi connectivity index (χ0n) is 18.3. The van der Waals surface area contributed by atoms with Crippen molar-refractivity contribution in [1.29, 1.82) is 0 Å². The molecular weight excluding hydrogens is 460 g/mol. The molecule has 1 aliphatic rings. The van der Waals surface area contributed by atoms with Crippen molar-refractivity contribution in [3.63, 3.8) is 0 Å². The summed E-state index contributed by atoms with van der Waals surface area (Å²) in [5, 5.41) is 6.68. The lowest BCUT2D eigenvalue weighted by molar-refractivity contribution is 0.102. The van der Waals surface area contributed by atoms with Crippen molar-refractivity contribution < 1.29 is 17.7 Å². The maximum absolute atomic E-state index is 13.0. The van der Waals surface area contributed by atoms with Crippen LogP contribution >= 0.6 is 11.8 Å². The second-order valence-corrected chi connectivity index (χ2v) is 10.3. The third kappa shape index (κ3) is 5.63. The minimum Gasteiger partial charge on any atom is -0.362 e. The van der Waals surface area contributed by atoms with Gasteiger partial charge in [-0.2, -0.15) is 8.42 Å². The van der Waals surface area contributed by atoms with Crippen LogP contribution in [-0.2, 0) is 15.8 Å². The minimum atomic E-state index is -3.87. The van der Waals surface area contributed by atoms with Crippen LogP contribution < -0.4 is 5.32 Å². The first kappa shape index (κ1) is 23.1. The van der Waals surface area contributed by atoms with Gasteiger partial charge in [0.2, 0.25) is 0 Å². The van der Waals surface area contributed by atoms with Crippen LogP contribution in [0.3, 0.4) is 0 Å². The van der Waals surface area contributed by atoms with Gasteiger partial charge in [-0.1, -0.05) is 23.4 Å². The highest BCUT2D eigenvalue weighted by atomic mass is 32.2. The molecule has 2 aromatic carbocycles. The monoisotopic (exact) mass is 484 g/mol. The van der Waals surface area contributed by atoms with E-state index >= 15 is 0 Å². The number of amides is 1. The molecule has 0 spiro atoms. The Balaban J connectivity index is 1.50. The van der Waals surface area contributed by atoms with Crippen molar-refractivity contribution in [2.24, 2.45) is 4.40 Å². The van der Waals surface area contributed by atoms with E-state index in [2.05, 4.69) is 14.9 Å². The number of aromatic nitrogens is 1. The second-order valence-electron chi connectivity index (χ2n) is 7.71. The fourth-order valence-corrected chi connectivity index (χ4v) is 5.51. The number of hydrogen-bond acceptors (Lipinski definition) is 6. The topological polar surface area (TPSA) is 105 Å². The summed E-state index contributed by atoms with van der Waals surface area (Å²) < 4.78 is 34.8. The number of rotatable bonds is 7. The number of nitrogens with one attached hydrogen (secondary N) is 1. The van der Waals surface area contributed by atoms with Gasteiger partial charge in [-0.05, 0) is 43.7 Å². The molecule has 0 atom stereocenters. The van der Waals surface area contributed by atoms with Crippen molar-refractivity contribution in [3.05, 3.63) is 71.6 Å². The van der Waals surface area contributed by atoms with E-state index in [0.717, 1.165) is 29.3 Å². The van der Waals surface area contributed by atoms with Crippen LogP contribution in [0.2, 0.25) is 0 Å². The average molecular weight is 485 g/mol. The van der Waals surface area contributed by atoms with Gasteiger partial charge in [-0.3, -0.25) is 4.79 Å². The first-order valence-electron chi connectivity index (χ1n) is 10.4. The van der Waals surface area contributed by atoms with Crippen molar-refractivity contribution >= 4 is 39.2 Å². The largest absolute Gasteiger partial charge is 0.362 e. The Morgan fingerprint density at radius 2 is 2.03 bits per heavy atom.